The molecule has 2 aromatic heterocycles. The summed E-state index contributed by atoms with van der Waals surface area (Å²) in [6.45, 7) is 0. The molecular weight excluding hydrogens is 356 g/mol. The average molecular weight is 370 g/mol. The van der Waals surface area contributed by atoms with Crippen molar-refractivity contribution in [2.24, 2.45) is 0 Å². The Hall–Kier alpha value is -3.44. The molecule has 5 aromatic rings. The number of rotatable bonds is 3. The summed E-state index contributed by atoms with van der Waals surface area (Å²) in [6.07, 6.45) is 0. The third kappa shape index (κ3) is 2.78. The first-order chi connectivity index (χ1) is 13.3. The second kappa shape index (κ2) is 6.37. The van der Waals surface area contributed by atoms with Gasteiger partial charge in [-0.05, 0) is 36.4 Å². The number of aromatic nitrogens is 2. The molecule has 0 saturated carbocycles. The molecule has 0 aliphatic heterocycles. The van der Waals surface area contributed by atoms with Crippen molar-refractivity contribution in [3.8, 4) is 21.9 Å². The summed E-state index contributed by atoms with van der Waals surface area (Å²) in [5.41, 5.74) is 2.42. The predicted molar refractivity (Wildman–Crippen MR) is 109 cm³/mol. The van der Waals surface area contributed by atoms with E-state index in [0.717, 1.165) is 27.2 Å². The van der Waals surface area contributed by atoms with Gasteiger partial charge in [0, 0.05) is 16.5 Å². The Balaban J connectivity index is 1.68. The van der Waals surface area contributed by atoms with Crippen molar-refractivity contribution in [2.45, 2.75) is 0 Å². The molecule has 0 bridgehead atoms. The van der Waals surface area contributed by atoms with Crippen LogP contribution in [0, 0.1) is 0 Å². The molecule has 0 unspecified atom stereocenters. The summed E-state index contributed by atoms with van der Waals surface area (Å²) in [6, 6.07) is 26.7. The van der Waals surface area contributed by atoms with E-state index in [1.165, 1.54) is 11.3 Å². The lowest BCUT2D eigenvalue weighted by atomic mass is 10.1. The standard InChI is InChI=1S/C22H14N2O2S/c25-21-14-20(27-22-23-17-11-5-6-12-18(17)24(21)22)16-10-4-7-13-19(16)26-15-8-2-1-3-9-15/h1-14H. The highest BCUT2D eigenvalue weighted by molar-refractivity contribution is 7.20. The van der Waals surface area contributed by atoms with Crippen molar-refractivity contribution in [2.75, 3.05) is 0 Å². The SMILES string of the molecule is O=c1cc(-c2ccccc2Oc2ccccc2)sc2nc3ccccc3n12. The zero-order chi connectivity index (χ0) is 18.2. The topological polar surface area (TPSA) is 43.6 Å². The maximum absolute atomic E-state index is 12.8. The van der Waals surface area contributed by atoms with E-state index in [1.807, 2.05) is 78.9 Å². The largest absolute Gasteiger partial charge is 0.457 e. The predicted octanol–water partition coefficient (Wildman–Crippen LogP) is 5.37. The van der Waals surface area contributed by atoms with E-state index < -0.39 is 0 Å². The summed E-state index contributed by atoms with van der Waals surface area (Å²) in [5, 5.41) is 0. The van der Waals surface area contributed by atoms with Crippen LogP contribution in [-0.2, 0) is 0 Å². The zero-order valence-corrected chi connectivity index (χ0v) is 15.0. The average Bonchev–Trinajstić information content (AvgIpc) is 3.08. The maximum atomic E-state index is 12.8. The number of fused-ring (bicyclic) bond motifs is 3. The van der Waals surface area contributed by atoms with Crippen molar-refractivity contribution >= 4 is 27.3 Å². The minimum atomic E-state index is -0.0954. The van der Waals surface area contributed by atoms with Gasteiger partial charge in [0.25, 0.3) is 5.56 Å². The molecule has 4 nitrogen and oxygen atoms in total. The highest BCUT2D eigenvalue weighted by atomic mass is 32.1. The molecule has 0 amide bonds. The highest BCUT2D eigenvalue weighted by Gasteiger charge is 2.13. The van der Waals surface area contributed by atoms with Crippen LogP contribution in [0.25, 0.3) is 26.4 Å². The summed E-state index contributed by atoms with van der Waals surface area (Å²) in [4.78, 5) is 18.9. The first kappa shape index (κ1) is 15.8. The molecule has 130 valence electrons. The van der Waals surface area contributed by atoms with Crippen LogP contribution in [0.4, 0.5) is 0 Å². The maximum Gasteiger partial charge on any atom is 0.258 e. The van der Waals surface area contributed by atoms with Gasteiger partial charge in [0.1, 0.15) is 11.5 Å². The Labute approximate surface area is 158 Å². The van der Waals surface area contributed by atoms with E-state index in [2.05, 4.69) is 4.98 Å². The van der Waals surface area contributed by atoms with Gasteiger partial charge >= 0.3 is 0 Å². The van der Waals surface area contributed by atoms with E-state index in [0.29, 0.717) is 10.7 Å². The van der Waals surface area contributed by atoms with E-state index in [-0.39, 0.29) is 5.56 Å². The second-order valence-electron chi connectivity index (χ2n) is 6.08. The lowest BCUT2D eigenvalue weighted by Crippen LogP contribution is -2.10. The number of hydrogen-bond donors (Lipinski definition) is 0. The minimum Gasteiger partial charge on any atom is -0.457 e. The third-order valence-electron chi connectivity index (χ3n) is 4.33. The summed E-state index contributed by atoms with van der Waals surface area (Å²) in [7, 11) is 0. The molecule has 0 atom stereocenters. The van der Waals surface area contributed by atoms with Crippen molar-refractivity contribution in [3.05, 3.63) is 95.3 Å². The van der Waals surface area contributed by atoms with Gasteiger partial charge < -0.3 is 4.74 Å². The molecule has 2 heterocycles. The molecule has 5 heteroatoms. The number of ether oxygens (including phenoxy) is 1. The molecule has 0 spiro atoms. The van der Waals surface area contributed by atoms with Crippen molar-refractivity contribution in [3.63, 3.8) is 0 Å². The van der Waals surface area contributed by atoms with Crippen molar-refractivity contribution in [1.29, 1.82) is 0 Å². The highest BCUT2D eigenvalue weighted by Crippen LogP contribution is 2.35. The van der Waals surface area contributed by atoms with Crippen LogP contribution in [0.15, 0.2) is 89.7 Å². The summed E-state index contributed by atoms with van der Waals surface area (Å²) >= 11 is 1.48. The quantitative estimate of drug-likeness (QED) is 0.429. The molecule has 0 N–H and O–H groups in total. The molecular formula is C22H14N2O2S. The Kier molecular flexibility index (Phi) is 3.73. The molecule has 0 aliphatic carbocycles. The molecule has 0 fully saturated rings. The number of imidazole rings is 1. The van der Waals surface area contributed by atoms with Gasteiger partial charge in [-0.2, -0.15) is 0 Å². The fourth-order valence-corrected chi connectivity index (χ4v) is 4.16. The monoisotopic (exact) mass is 370 g/mol. The molecule has 27 heavy (non-hydrogen) atoms. The number of para-hydroxylation sites is 4. The fraction of sp³-hybridized carbons (Fsp3) is 0. The van der Waals surface area contributed by atoms with Crippen LogP contribution >= 0.6 is 11.3 Å². The minimum absolute atomic E-state index is 0.0954. The normalized spacial score (nSPS) is 11.1. The van der Waals surface area contributed by atoms with Crippen LogP contribution in [-0.4, -0.2) is 9.38 Å². The van der Waals surface area contributed by atoms with Gasteiger partial charge in [-0.1, -0.05) is 53.8 Å². The lowest BCUT2D eigenvalue weighted by molar-refractivity contribution is 0.484. The molecule has 5 rings (SSSR count). The Morgan fingerprint density at radius 1 is 0.852 bits per heavy atom. The third-order valence-corrected chi connectivity index (χ3v) is 5.34. The zero-order valence-electron chi connectivity index (χ0n) is 14.2. The van der Waals surface area contributed by atoms with Crippen LogP contribution in [0.3, 0.4) is 0 Å². The summed E-state index contributed by atoms with van der Waals surface area (Å²) in [5.74, 6) is 1.46. The number of benzene rings is 3. The first-order valence-corrected chi connectivity index (χ1v) is 9.35. The molecule has 0 radical (unpaired) electrons. The van der Waals surface area contributed by atoms with Gasteiger partial charge in [0.05, 0.1) is 11.0 Å². The Morgan fingerprint density at radius 3 is 2.48 bits per heavy atom. The van der Waals surface area contributed by atoms with E-state index in [4.69, 9.17) is 4.74 Å². The second-order valence-corrected chi connectivity index (χ2v) is 7.09. The molecule has 0 aliphatic rings. The Morgan fingerprint density at radius 2 is 1.59 bits per heavy atom. The van der Waals surface area contributed by atoms with Crippen molar-refractivity contribution in [1.82, 2.24) is 9.38 Å². The number of nitrogens with zero attached hydrogens (tertiary/aromatic N) is 2. The molecule has 3 aromatic carbocycles. The fourth-order valence-electron chi connectivity index (χ4n) is 3.10. The van der Waals surface area contributed by atoms with Crippen LogP contribution in [0.2, 0.25) is 0 Å². The van der Waals surface area contributed by atoms with E-state index in [9.17, 15) is 4.79 Å². The van der Waals surface area contributed by atoms with E-state index >= 15 is 0 Å². The summed E-state index contributed by atoms with van der Waals surface area (Å²) < 4.78 is 7.71. The van der Waals surface area contributed by atoms with Gasteiger partial charge in [-0.3, -0.25) is 9.20 Å². The smallest absolute Gasteiger partial charge is 0.258 e. The lowest BCUT2D eigenvalue weighted by Gasteiger charge is -2.10. The molecule has 0 saturated heterocycles. The van der Waals surface area contributed by atoms with Crippen LogP contribution in [0.1, 0.15) is 0 Å². The van der Waals surface area contributed by atoms with Crippen LogP contribution in [0.5, 0.6) is 11.5 Å². The Bertz CT molecular complexity index is 1320. The van der Waals surface area contributed by atoms with Crippen LogP contribution < -0.4 is 10.3 Å². The number of hydrogen-bond acceptors (Lipinski definition) is 4. The van der Waals surface area contributed by atoms with Gasteiger partial charge in [0.2, 0.25) is 0 Å². The van der Waals surface area contributed by atoms with E-state index in [1.54, 1.807) is 10.5 Å². The van der Waals surface area contributed by atoms with Crippen molar-refractivity contribution < 1.29 is 4.74 Å². The van der Waals surface area contributed by atoms with Gasteiger partial charge in [-0.25, -0.2) is 4.98 Å². The van der Waals surface area contributed by atoms with Gasteiger partial charge in [0.15, 0.2) is 4.96 Å². The first-order valence-electron chi connectivity index (χ1n) is 8.53. The van der Waals surface area contributed by atoms with Gasteiger partial charge in [-0.15, -0.1) is 0 Å².